The number of ketones is 1. The fourth-order valence-corrected chi connectivity index (χ4v) is 7.66. The number of alkyl halides is 1. The standard InChI is InChI=1S/C35H41ClF2N3O13P/c1-17(2)52-30(33(45)46)35(55(49,50)51,31(34(47)48)53-18(3)4)54-22-9-10-23-24(19(5)42)15-40(26(23)12-22)16-28(43)41-14-21(37)11-27(41)32(44)39-13-20-7-6-8-25(36)29(20)38/h6-10,12,15,17-18,21,27,30-31H,11,13-14,16H2,1-5H3,(H,39,44)(H,45,46)(H,47,48)(H2,49,50,51)/t21-,27+,30?,31?,35?/m1/s1. The molecule has 2 amide bonds. The summed E-state index contributed by atoms with van der Waals surface area (Å²) in [6.07, 6.45) is -8.00. The summed E-state index contributed by atoms with van der Waals surface area (Å²) in [5.41, 5.74) is 0.134. The molecule has 4 rings (SSSR count). The number of likely N-dealkylation sites (tertiary alicyclic amines) is 1. The molecule has 20 heteroatoms. The number of carbonyl (C=O) groups is 5. The van der Waals surface area contributed by atoms with Gasteiger partial charge in [0.15, 0.2) is 5.78 Å². The SMILES string of the molecule is CC(=O)c1cn(CC(=O)N2C[C@H](F)C[C@H]2C(=O)NCc2cccc(Cl)c2F)c2cc(OC(C(OC(C)C)C(=O)O)(C(OC(C)C)C(=O)O)P(=O)(O)O)ccc12. The van der Waals surface area contributed by atoms with Crippen molar-refractivity contribution < 1.29 is 71.5 Å². The third-order valence-corrected chi connectivity index (χ3v) is 10.4. The van der Waals surface area contributed by atoms with Crippen molar-refractivity contribution in [3.05, 3.63) is 64.6 Å². The molecule has 16 nitrogen and oxygen atoms in total. The largest absolute Gasteiger partial charge is 0.479 e. The number of hydrogen-bond donors (Lipinski definition) is 5. The number of nitrogens with zero attached hydrogens (tertiary/aromatic N) is 2. The van der Waals surface area contributed by atoms with Crippen molar-refractivity contribution in [1.82, 2.24) is 14.8 Å². The van der Waals surface area contributed by atoms with E-state index in [1.807, 2.05) is 0 Å². The molecule has 2 unspecified atom stereocenters. The first-order valence-corrected chi connectivity index (χ1v) is 18.9. The van der Waals surface area contributed by atoms with Crippen molar-refractivity contribution in [1.29, 1.82) is 0 Å². The number of ether oxygens (including phenoxy) is 3. The summed E-state index contributed by atoms with van der Waals surface area (Å²) in [5.74, 6) is -7.29. The van der Waals surface area contributed by atoms with Crippen molar-refractivity contribution in [2.24, 2.45) is 0 Å². The Morgan fingerprint density at radius 3 is 2.15 bits per heavy atom. The molecule has 1 fully saturated rings. The Morgan fingerprint density at radius 2 is 1.62 bits per heavy atom. The van der Waals surface area contributed by atoms with E-state index in [-0.39, 0.29) is 40.0 Å². The highest BCUT2D eigenvalue weighted by molar-refractivity contribution is 7.53. The number of hydrogen-bond acceptors (Lipinski definition) is 9. The molecular weight excluding hydrogens is 775 g/mol. The number of nitrogens with one attached hydrogen (secondary N) is 1. The zero-order valence-electron chi connectivity index (χ0n) is 30.3. The quantitative estimate of drug-likeness (QED) is 0.0963. The van der Waals surface area contributed by atoms with E-state index in [1.54, 1.807) is 0 Å². The van der Waals surface area contributed by atoms with Gasteiger partial charge in [0.25, 0.3) is 5.34 Å². The summed E-state index contributed by atoms with van der Waals surface area (Å²) < 4.78 is 60.3. The van der Waals surface area contributed by atoms with Crippen LogP contribution >= 0.6 is 19.2 Å². The number of fused-ring (bicyclic) bond motifs is 1. The zero-order valence-corrected chi connectivity index (χ0v) is 31.9. The molecule has 2 heterocycles. The first-order chi connectivity index (χ1) is 25.6. The van der Waals surface area contributed by atoms with E-state index in [9.17, 15) is 57.3 Å². The topological polar surface area (TPSA) is 231 Å². The number of aromatic nitrogens is 1. The van der Waals surface area contributed by atoms with Gasteiger partial charge in [-0.25, -0.2) is 18.4 Å². The van der Waals surface area contributed by atoms with Crippen molar-refractivity contribution in [3.8, 4) is 5.75 Å². The van der Waals surface area contributed by atoms with Crippen LogP contribution in [-0.2, 0) is 46.3 Å². The zero-order chi connectivity index (χ0) is 41.2. The summed E-state index contributed by atoms with van der Waals surface area (Å²) in [4.78, 5) is 87.3. The molecule has 1 aliphatic heterocycles. The monoisotopic (exact) mass is 815 g/mol. The van der Waals surface area contributed by atoms with Gasteiger partial charge >= 0.3 is 19.5 Å². The first kappa shape index (κ1) is 43.3. The fourth-order valence-electron chi connectivity index (χ4n) is 6.29. The molecule has 4 atom stereocenters. The summed E-state index contributed by atoms with van der Waals surface area (Å²) >= 11 is 5.81. The van der Waals surface area contributed by atoms with Gasteiger partial charge in [0.1, 0.15) is 30.3 Å². The Kier molecular flexibility index (Phi) is 13.5. The molecule has 0 spiro atoms. The molecule has 0 radical (unpaired) electrons. The highest BCUT2D eigenvalue weighted by atomic mass is 35.5. The van der Waals surface area contributed by atoms with Crippen LogP contribution in [-0.4, -0.2) is 108 Å². The number of halogens is 3. The van der Waals surface area contributed by atoms with Crippen LogP contribution in [0.15, 0.2) is 42.6 Å². The van der Waals surface area contributed by atoms with Crippen LogP contribution in [0.4, 0.5) is 8.78 Å². The Balaban J connectivity index is 1.77. The first-order valence-electron chi connectivity index (χ1n) is 16.9. The summed E-state index contributed by atoms with van der Waals surface area (Å²) in [5, 5.41) is 19.3. The third-order valence-electron chi connectivity index (χ3n) is 8.65. The van der Waals surface area contributed by atoms with Gasteiger partial charge in [0.05, 0.1) is 29.3 Å². The van der Waals surface area contributed by atoms with Crippen LogP contribution in [0.25, 0.3) is 10.9 Å². The van der Waals surface area contributed by atoms with Gasteiger partial charge in [0.2, 0.25) is 24.0 Å². The van der Waals surface area contributed by atoms with Gasteiger partial charge < -0.3 is 49.0 Å². The second-order valence-corrected chi connectivity index (χ2v) is 15.6. The van der Waals surface area contributed by atoms with E-state index in [0.29, 0.717) is 0 Å². The lowest BCUT2D eigenvalue weighted by atomic mass is 10.0. The van der Waals surface area contributed by atoms with Crippen LogP contribution in [0, 0.1) is 5.82 Å². The van der Waals surface area contributed by atoms with E-state index >= 15 is 0 Å². The molecule has 300 valence electrons. The number of aliphatic carboxylic acids is 2. The molecule has 0 saturated carbocycles. The lowest BCUT2D eigenvalue weighted by Crippen LogP contribution is -2.64. The Morgan fingerprint density at radius 1 is 1.02 bits per heavy atom. The van der Waals surface area contributed by atoms with E-state index in [4.69, 9.17) is 25.8 Å². The van der Waals surface area contributed by atoms with E-state index in [0.717, 1.165) is 17.0 Å². The lowest BCUT2D eigenvalue weighted by molar-refractivity contribution is -0.194. The number of Topliss-reactive ketones (excluding diaryl/α,β-unsaturated/α-hetero) is 1. The Hall–Kier alpha value is -4.45. The predicted octanol–water partition coefficient (Wildman–Crippen LogP) is 3.90. The highest BCUT2D eigenvalue weighted by Gasteiger charge is 2.68. The number of carboxylic acids is 2. The maximum atomic E-state index is 14.7. The van der Waals surface area contributed by atoms with Gasteiger partial charge in [0, 0.05) is 41.7 Å². The summed E-state index contributed by atoms with van der Waals surface area (Å²) in [6, 6.07) is 6.35. The number of carboxylic acid groups (broad SMARTS) is 2. The Bertz CT molecular complexity index is 1990. The van der Waals surface area contributed by atoms with Gasteiger partial charge in [-0.05, 0) is 52.8 Å². The maximum absolute atomic E-state index is 14.7. The molecule has 1 aromatic heterocycles. The third kappa shape index (κ3) is 9.34. The van der Waals surface area contributed by atoms with Crippen LogP contribution < -0.4 is 10.1 Å². The minimum absolute atomic E-state index is 0.0115. The Labute approximate surface area is 318 Å². The maximum Gasteiger partial charge on any atom is 0.375 e. The van der Waals surface area contributed by atoms with Crippen LogP contribution in [0.2, 0.25) is 5.02 Å². The summed E-state index contributed by atoms with van der Waals surface area (Å²) in [7, 11) is -6.03. The molecule has 5 N–H and O–H groups in total. The second-order valence-electron chi connectivity index (χ2n) is 13.4. The molecule has 55 heavy (non-hydrogen) atoms. The predicted molar refractivity (Wildman–Crippen MR) is 191 cm³/mol. The average Bonchev–Trinajstić information content (AvgIpc) is 3.65. The number of carbonyl (C=O) groups excluding carboxylic acids is 3. The lowest BCUT2D eigenvalue weighted by Gasteiger charge is -2.42. The molecule has 2 aromatic carbocycles. The van der Waals surface area contributed by atoms with Crippen LogP contribution in [0.3, 0.4) is 0 Å². The smallest absolute Gasteiger partial charge is 0.375 e. The fraction of sp³-hybridized carbons (Fsp3) is 0.457. The van der Waals surface area contributed by atoms with Crippen molar-refractivity contribution >= 4 is 59.6 Å². The van der Waals surface area contributed by atoms with Gasteiger partial charge in [-0.2, -0.15) is 0 Å². The van der Waals surface area contributed by atoms with Crippen molar-refractivity contribution in [2.75, 3.05) is 6.54 Å². The van der Waals surface area contributed by atoms with Crippen LogP contribution in [0.1, 0.15) is 57.0 Å². The minimum atomic E-state index is -6.03. The summed E-state index contributed by atoms with van der Waals surface area (Å²) in [6.45, 7) is 5.21. The normalized spacial score (nSPS) is 18.3. The average molecular weight is 816 g/mol. The highest BCUT2D eigenvalue weighted by Crippen LogP contribution is 2.57. The second kappa shape index (κ2) is 17.1. The molecule has 1 aliphatic rings. The van der Waals surface area contributed by atoms with E-state index in [2.05, 4.69) is 5.32 Å². The van der Waals surface area contributed by atoms with Crippen molar-refractivity contribution in [3.63, 3.8) is 0 Å². The molecule has 0 bridgehead atoms. The van der Waals surface area contributed by atoms with Gasteiger partial charge in [-0.1, -0.05) is 23.7 Å². The number of benzene rings is 2. The molecule has 3 aromatic rings. The van der Waals surface area contributed by atoms with Gasteiger partial charge in [-0.3, -0.25) is 18.9 Å². The number of amides is 2. The molecule has 0 aliphatic carbocycles. The van der Waals surface area contributed by atoms with E-state index in [1.165, 1.54) is 69.6 Å². The van der Waals surface area contributed by atoms with Gasteiger partial charge in [-0.15, -0.1) is 0 Å². The number of rotatable bonds is 17. The molecule has 1 saturated heterocycles. The minimum Gasteiger partial charge on any atom is -0.479 e. The molecular formula is C35H41ClF2N3O13P. The van der Waals surface area contributed by atoms with Crippen LogP contribution in [0.5, 0.6) is 5.75 Å². The van der Waals surface area contributed by atoms with Crippen molar-refractivity contribution in [2.45, 2.75) is 96.1 Å². The van der Waals surface area contributed by atoms with E-state index < -0.39 is 104 Å².